The molecule has 0 radical (unpaired) electrons. The van der Waals surface area contributed by atoms with Gasteiger partial charge in [0.15, 0.2) is 5.96 Å². The van der Waals surface area contributed by atoms with Gasteiger partial charge in [-0.05, 0) is 50.3 Å². The van der Waals surface area contributed by atoms with E-state index in [4.69, 9.17) is 9.73 Å². The minimum atomic E-state index is -0.163. The van der Waals surface area contributed by atoms with Crippen LogP contribution in [0.1, 0.15) is 38.2 Å². The number of guanidine groups is 1. The summed E-state index contributed by atoms with van der Waals surface area (Å²) < 4.78 is 18.8. The lowest BCUT2D eigenvalue weighted by atomic mass is 9.96. The lowest BCUT2D eigenvalue weighted by Gasteiger charge is -2.22. The van der Waals surface area contributed by atoms with Crippen LogP contribution in [-0.2, 0) is 10.2 Å². The Labute approximate surface area is 162 Å². The summed E-state index contributed by atoms with van der Waals surface area (Å²) in [5, 5.41) is 6.78. The lowest BCUT2D eigenvalue weighted by Crippen LogP contribution is -2.43. The number of benzene rings is 1. The Morgan fingerprint density at radius 2 is 2.11 bits per heavy atom. The fourth-order valence-corrected chi connectivity index (χ4v) is 3.52. The van der Waals surface area contributed by atoms with Crippen molar-refractivity contribution in [2.45, 2.75) is 44.1 Å². The molecule has 3 rings (SSSR count). The highest BCUT2D eigenvalue weighted by molar-refractivity contribution is 5.79. The Morgan fingerprint density at radius 1 is 1.30 bits per heavy atom. The van der Waals surface area contributed by atoms with Gasteiger partial charge in [-0.15, -0.1) is 0 Å². The number of halogens is 1. The van der Waals surface area contributed by atoms with Gasteiger partial charge in [-0.2, -0.15) is 0 Å². The Morgan fingerprint density at radius 3 is 2.74 bits per heavy atom. The normalized spacial score (nSPS) is 18.6. The summed E-state index contributed by atoms with van der Waals surface area (Å²) in [7, 11) is 1.76. The van der Waals surface area contributed by atoms with Gasteiger partial charge >= 0.3 is 0 Å². The molecule has 0 saturated heterocycles. The smallest absolute Gasteiger partial charge is 0.191 e. The topological polar surface area (TPSA) is 48.9 Å². The Hall–Kier alpha value is -1.66. The number of aliphatic imine (C=N–C) groups is 1. The molecule has 5 nitrogen and oxygen atoms in total. The number of nitrogens with zero attached hydrogens (tertiary/aromatic N) is 2. The first-order valence-electron chi connectivity index (χ1n) is 10.2. The largest absolute Gasteiger partial charge is 0.383 e. The third-order valence-electron chi connectivity index (χ3n) is 5.51. The first-order valence-corrected chi connectivity index (χ1v) is 10.2. The molecule has 2 N–H and O–H groups in total. The minimum Gasteiger partial charge on any atom is -0.383 e. The number of hydrogen-bond acceptors (Lipinski definition) is 3. The number of rotatable bonds is 11. The van der Waals surface area contributed by atoms with E-state index >= 15 is 0 Å². The van der Waals surface area contributed by atoms with E-state index in [1.165, 1.54) is 18.9 Å². The van der Waals surface area contributed by atoms with Gasteiger partial charge in [-0.25, -0.2) is 4.39 Å². The van der Waals surface area contributed by atoms with Crippen LogP contribution >= 0.6 is 0 Å². The molecule has 1 aromatic rings. The van der Waals surface area contributed by atoms with Gasteiger partial charge < -0.3 is 15.4 Å². The maximum absolute atomic E-state index is 13.6. The quantitative estimate of drug-likeness (QED) is 0.460. The summed E-state index contributed by atoms with van der Waals surface area (Å²) in [4.78, 5) is 7.30. The maximum atomic E-state index is 13.6. The lowest BCUT2D eigenvalue weighted by molar-refractivity contribution is 0.144. The van der Waals surface area contributed by atoms with Crippen LogP contribution in [0.4, 0.5) is 4.39 Å². The van der Waals surface area contributed by atoms with Gasteiger partial charge in [0.2, 0.25) is 0 Å². The Balaban J connectivity index is 1.52. The number of nitrogens with one attached hydrogen (secondary N) is 2. The van der Waals surface area contributed by atoms with Crippen LogP contribution in [0.2, 0.25) is 0 Å². The van der Waals surface area contributed by atoms with Crippen LogP contribution in [0.15, 0.2) is 29.3 Å². The zero-order chi connectivity index (χ0) is 19.1. The highest BCUT2D eigenvalue weighted by Gasteiger charge is 2.44. The van der Waals surface area contributed by atoms with Gasteiger partial charge in [0.1, 0.15) is 5.82 Å². The molecular formula is C21H33FN4O. The average Bonchev–Trinajstić information content (AvgIpc) is 3.56. The Bertz CT molecular complexity index is 628. The van der Waals surface area contributed by atoms with Gasteiger partial charge in [0, 0.05) is 44.7 Å². The van der Waals surface area contributed by atoms with E-state index in [2.05, 4.69) is 22.5 Å². The predicted octanol–water partition coefficient (Wildman–Crippen LogP) is 2.52. The van der Waals surface area contributed by atoms with Crippen LogP contribution in [0.3, 0.4) is 0 Å². The molecule has 0 heterocycles. The highest BCUT2D eigenvalue weighted by Crippen LogP contribution is 2.48. The molecule has 0 bridgehead atoms. The van der Waals surface area contributed by atoms with E-state index in [1.54, 1.807) is 19.2 Å². The number of hydrogen-bond donors (Lipinski definition) is 2. The zero-order valence-corrected chi connectivity index (χ0v) is 16.6. The highest BCUT2D eigenvalue weighted by atomic mass is 19.1. The molecule has 0 spiro atoms. The van der Waals surface area contributed by atoms with Crippen LogP contribution in [0, 0.1) is 5.82 Å². The fraction of sp³-hybridized carbons (Fsp3) is 0.667. The zero-order valence-electron chi connectivity index (χ0n) is 16.6. The van der Waals surface area contributed by atoms with Crippen LogP contribution in [0.25, 0.3) is 0 Å². The van der Waals surface area contributed by atoms with Crippen LogP contribution < -0.4 is 10.6 Å². The van der Waals surface area contributed by atoms with E-state index in [0.717, 1.165) is 63.2 Å². The van der Waals surface area contributed by atoms with Gasteiger partial charge in [-0.1, -0.05) is 12.1 Å². The maximum Gasteiger partial charge on any atom is 0.191 e. The van der Waals surface area contributed by atoms with Crippen molar-refractivity contribution in [3.05, 3.63) is 35.6 Å². The molecule has 6 heteroatoms. The molecule has 2 fully saturated rings. The molecule has 0 amide bonds. The van der Waals surface area contributed by atoms with Crippen LogP contribution in [0.5, 0.6) is 0 Å². The molecule has 0 aromatic heterocycles. The molecule has 0 unspecified atom stereocenters. The van der Waals surface area contributed by atoms with E-state index in [1.807, 2.05) is 6.07 Å². The van der Waals surface area contributed by atoms with Crippen molar-refractivity contribution in [2.24, 2.45) is 4.99 Å². The number of ether oxygens (including phenoxy) is 1. The van der Waals surface area contributed by atoms with Gasteiger partial charge in [0.05, 0.1) is 13.2 Å². The Kier molecular flexibility index (Phi) is 7.07. The van der Waals surface area contributed by atoms with E-state index in [9.17, 15) is 4.39 Å². The summed E-state index contributed by atoms with van der Waals surface area (Å²) in [6.45, 7) is 7.22. The van der Waals surface area contributed by atoms with E-state index in [0.29, 0.717) is 6.54 Å². The van der Waals surface area contributed by atoms with Gasteiger partial charge in [-0.3, -0.25) is 9.89 Å². The standard InChI is InChI=1S/C21H33FN4O/c1-3-23-20(24-11-12-26(13-14-27-2)19-7-8-19)25-16-21(9-10-21)17-5-4-6-18(22)15-17/h4-6,15,19H,3,7-14,16H2,1-2H3,(H2,23,24,25). The summed E-state index contributed by atoms with van der Waals surface area (Å²) in [5.41, 5.74) is 1.09. The molecule has 2 aliphatic rings. The molecule has 27 heavy (non-hydrogen) atoms. The third-order valence-corrected chi connectivity index (χ3v) is 5.51. The monoisotopic (exact) mass is 376 g/mol. The predicted molar refractivity (Wildman–Crippen MR) is 108 cm³/mol. The van der Waals surface area contributed by atoms with Crippen molar-refractivity contribution in [1.29, 1.82) is 0 Å². The first-order chi connectivity index (χ1) is 13.2. The SMILES string of the molecule is CCNC(=NCC1(c2cccc(F)c2)CC1)NCCN(CCOC)C1CC1. The van der Waals surface area contributed by atoms with Gasteiger partial charge in [0.25, 0.3) is 0 Å². The molecule has 0 atom stereocenters. The molecule has 1 aromatic carbocycles. The van der Waals surface area contributed by atoms with E-state index in [-0.39, 0.29) is 11.2 Å². The molecule has 2 aliphatic carbocycles. The molecule has 2 saturated carbocycles. The van der Waals surface area contributed by atoms with Crippen molar-refractivity contribution < 1.29 is 9.13 Å². The molecule has 0 aliphatic heterocycles. The van der Waals surface area contributed by atoms with Crippen molar-refractivity contribution in [2.75, 3.05) is 46.4 Å². The fourth-order valence-electron chi connectivity index (χ4n) is 3.52. The third kappa shape index (κ3) is 5.91. The van der Waals surface area contributed by atoms with Crippen molar-refractivity contribution in [3.63, 3.8) is 0 Å². The molecule has 150 valence electrons. The summed E-state index contributed by atoms with van der Waals surface area (Å²) >= 11 is 0. The second kappa shape index (κ2) is 9.51. The van der Waals surface area contributed by atoms with Crippen LogP contribution in [-0.4, -0.2) is 63.3 Å². The second-order valence-electron chi connectivity index (χ2n) is 7.67. The summed E-state index contributed by atoms with van der Waals surface area (Å²) in [5.74, 6) is 0.687. The van der Waals surface area contributed by atoms with Crippen molar-refractivity contribution in [1.82, 2.24) is 15.5 Å². The summed E-state index contributed by atoms with van der Waals surface area (Å²) in [6.07, 6.45) is 4.75. The van der Waals surface area contributed by atoms with Crippen molar-refractivity contribution in [3.8, 4) is 0 Å². The molecular weight excluding hydrogens is 343 g/mol. The van der Waals surface area contributed by atoms with E-state index < -0.39 is 0 Å². The second-order valence-corrected chi connectivity index (χ2v) is 7.67. The number of methoxy groups -OCH3 is 1. The average molecular weight is 377 g/mol. The minimum absolute atomic E-state index is 0.0168. The summed E-state index contributed by atoms with van der Waals surface area (Å²) in [6, 6.07) is 7.71. The first kappa shape index (κ1) is 20.1. The van der Waals surface area contributed by atoms with Crippen molar-refractivity contribution >= 4 is 5.96 Å².